The van der Waals surface area contributed by atoms with Crippen molar-refractivity contribution in [2.75, 3.05) is 11.9 Å². The Morgan fingerprint density at radius 3 is 2.65 bits per heavy atom. The Kier molecular flexibility index (Phi) is 4.24. The van der Waals surface area contributed by atoms with Crippen molar-refractivity contribution in [1.82, 2.24) is 4.98 Å². The fourth-order valence-electron chi connectivity index (χ4n) is 2.42. The Morgan fingerprint density at radius 2 is 1.87 bits per heavy atom. The summed E-state index contributed by atoms with van der Waals surface area (Å²) in [4.78, 5) is 16.5. The topological polar surface area (TPSA) is 51.2 Å². The Labute approximate surface area is 135 Å². The lowest BCUT2D eigenvalue weighted by Gasteiger charge is -2.11. The normalized spacial score (nSPS) is 10.5. The smallest absolute Gasteiger partial charge is 0.262 e. The molecule has 0 spiro atoms. The van der Waals surface area contributed by atoms with Crippen LogP contribution in [0.1, 0.15) is 11.1 Å². The Bertz CT molecular complexity index is 845. The van der Waals surface area contributed by atoms with E-state index in [4.69, 9.17) is 4.74 Å². The molecular weight excluding hydrogens is 288 g/mol. The van der Waals surface area contributed by atoms with E-state index in [2.05, 4.69) is 17.2 Å². The summed E-state index contributed by atoms with van der Waals surface area (Å²) in [5.41, 5.74) is 3.96. The van der Waals surface area contributed by atoms with Crippen LogP contribution in [0.25, 0.3) is 10.9 Å². The Morgan fingerprint density at radius 1 is 1.09 bits per heavy atom. The molecule has 0 atom stereocenters. The number of hydrogen-bond acceptors (Lipinski definition) is 3. The van der Waals surface area contributed by atoms with Crippen LogP contribution >= 0.6 is 0 Å². The first-order valence-electron chi connectivity index (χ1n) is 7.48. The van der Waals surface area contributed by atoms with Crippen molar-refractivity contribution >= 4 is 22.5 Å². The first kappa shape index (κ1) is 15.0. The van der Waals surface area contributed by atoms with Crippen molar-refractivity contribution < 1.29 is 9.53 Å². The predicted octanol–water partition coefficient (Wildman–Crippen LogP) is 3.87. The van der Waals surface area contributed by atoms with Gasteiger partial charge in [0.1, 0.15) is 5.75 Å². The number of para-hydroxylation sites is 1. The number of anilines is 1. The van der Waals surface area contributed by atoms with Crippen LogP contribution in [0.5, 0.6) is 5.75 Å². The Balaban J connectivity index is 1.76. The number of benzene rings is 2. The second-order valence-electron chi connectivity index (χ2n) is 5.41. The zero-order valence-corrected chi connectivity index (χ0v) is 13.2. The third kappa shape index (κ3) is 3.31. The molecule has 3 aromatic rings. The standard InChI is InChI=1S/C19H18N2O2/c1-13-8-9-16-17(10-11-20-19(16)14(13)2)21-18(22)12-23-15-6-4-3-5-7-15/h3-11H,12H2,1-2H3,(H,20,21,22). The number of aryl methyl sites for hydroxylation is 2. The predicted molar refractivity (Wildman–Crippen MR) is 91.8 cm³/mol. The number of amides is 1. The van der Waals surface area contributed by atoms with E-state index in [1.807, 2.05) is 49.4 Å². The minimum absolute atomic E-state index is 0.0291. The van der Waals surface area contributed by atoms with Crippen LogP contribution in [0.4, 0.5) is 5.69 Å². The minimum Gasteiger partial charge on any atom is -0.484 e. The fourth-order valence-corrected chi connectivity index (χ4v) is 2.42. The molecule has 0 saturated carbocycles. The van der Waals surface area contributed by atoms with Gasteiger partial charge in [0.25, 0.3) is 5.91 Å². The summed E-state index contributed by atoms with van der Waals surface area (Å²) >= 11 is 0. The van der Waals surface area contributed by atoms with E-state index in [1.54, 1.807) is 12.3 Å². The van der Waals surface area contributed by atoms with Gasteiger partial charge in [-0.3, -0.25) is 9.78 Å². The molecule has 0 aliphatic carbocycles. The van der Waals surface area contributed by atoms with Gasteiger partial charge in [0.2, 0.25) is 0 Å². The maximum absolute atomic E-state index is 12.1. The maximum atomic E-state index is 12.1. The minimum atomic E-state index is -0.195. The lowest BCUT2D eigenvalue weighted by atomic mass is 10.0. The molecule has 0 radical (unpaired) electrons. The zero-order chi connectivity index (χ0) is 16.2. The summed E-state index contributed by atoms with van der Waals surface area (Å²) in [5.74, 6) is 0.480. The van der Waals surface area contributed by atoms with Crippen molar-refractivity contribution in [1.29, 1.82) is 0 Å². The van der Waals surface area contributed by atoms with E-state index in [9.17, 15) is 4.79 Å². The van der Waals surface area contributed by atoms with Gasteiger partial charge in [-0.2, -0.15) is 0 Å². The van der Waals surface area contributed by atoms with E-state index < -0.39 is 0 Å². The highest BCUT2D eigenvalue weighted by Crippen LogP contribution is 2.25. The van der Waals surface area contributed by atoms with E-state index >= 15 is 0 Å². The van der Waals surface area contributed by atoms with E-state index in [-0.39, 0.29) is 12.5 Å². The molecule has 0 aliphatic rings. The highest BCUT2D eigenvalue weighted by molar-refractivity contribution is 6.02. The number of fused-ring (bicyclic) bond motifs is 1. The number of carbonyl (C=O) groups excluding carboxylic acids is 1. The first-order chi connectivity index (χ1) is 11.1. The van der Waals surface area contributed by atoms with Gasteiger partial charge in [0, 0.05) is 11.6 Å². The van der Waals surface area contributed by atoms with Crippen LogP contribution in [0.2, 0.25) is 0 Å². The summed E-state index contributed by atoms with van der Waals surface area (Å²) < 4.78 is 5.47. The van der Waals surface area contributed by atoms with Gasteiger partial charge >= 0.3 is 0 Å². The molecule has 4 heteroatoms. The third-order valence-electron chi connectivity index (χ3n) is 3.82. The number of ether oxygens (including phenoxy) is 1. The third-order valence-corrected chi connectivity index (χ3v) is 3.82. The number of nitrogens with one attached hydrogen (secondary N) is 1. The van der Waals surface area contributed by atoms with Gasteiger partial charge in [-0.1, -0.05) is 30.3 Å². The number of rotatable bonds is 4. The average Bonchev–Trinajstić information content (AvgIpc) is 2.58. The number of hydrogen-bond donors (Lipinski definition) is 1. The van der Waals surface area contributed by atoms with Crippen LogP contribution in [-0.4, -0.2) is 17.5 Å². The van der Waals surface area contributed by atoms with Crippen molar-refractivity contribution in [3.05, 3.63) is 65.9 Å². The van der Waals surface area contributed by atoms with Gasteiger partial charge in [-0.05, 0) is 43.2 Å². The molecule has 0 saturated heterocycles. The van der Waals surface area contributed by atoms with Crippen LogP contribution in [0.15, 0.2) is 54.7 Å². The average molecular weight is 306 g/mol. The highest BCUT2D eigenvalue weighted by Gasteiger charge is 2.09. The molecule has 0 fully saturated rings. The highest BCUT2D eigenvalue weighted by atomic mass is 16.5. The lowest BCUT2D eigenvalue weighted by molar-refractivity contribution is -0.118. The van der Waals surface area contributed by atoms with Gasteiger partial charge in [-0.25, -0.2) is 0 Å². The van der Waals surface area contributed by atoms with Crippen LogP contribution in [0, 0.1) is 13.8 Å². The van der Waals surface area contributed by atoms with Gasteiger partial charge in [-0.15, -0.1) is 0 Å². The SMILES string of the molecule is Cc1ccc2c(NC(=O)COc3ccccc3)ccnc2c1C. The van der Waals surface area contributed by atoms with E-state index in [0.29, 0.717) is 5.75 Å². The van der Waals surface area contributed by atoms with Gasteiger partial charge in [0.15, 0.2) is 6.61 Å². The second kappa shape index (κ2) is 6.48. The van der Waals surface area contributed by atoms with Crippen molar-refractivity contribution in [2.45, 2.75) is 13.8 Å². The molecule has 1 N–H and O–H groups in total. The molecule has 2 aromatic carbocycles. The van der Waals surface area contributed by atoms with Crippen LogP contribution < -0.4 is 10.1 Å². The molecule has 0 aliphatic heterocycles. The van der Waals surface area contributed by atoms with E-state index in [0.717, 1.165) is 22.2 Å². The van der Waals surface area contributed by atoms with Gasteiger partial charge in [0.05, 0.1) is 11.2 Å². The summed E-state index contributed by atoms with van der Waals surface area (Å²) in [6, 6.07) is 15.1. The number of pyridine rings is 1. The molecule has 0 unspecified atom stereocenters. The van der Waals surface area contributed by atoms with Crippen molar-refractivity contribution in [2.24, 2.45) is 0 Å². The maximum Gasteiger partial charge on any atom is 0.262 e. The molecule has 1 amide bonds. The van der Waals surface area contributed by atoms with Crippen LogP contribution in [0.3, 0.4) is 0 Å². The molecule has 0 bridgehead atoms. The van der Waals surface area contributed by atoms with Crippen LogP contribution in [-0.2, 0) is 4.79 Å². The van der Waals surface area contributed by atoms with Crippen molar-refractivity contribution in [3.8, 4) is 5.75 Å². The number of aromatic nitrogens is 1. The summed E-state index contributed by atoms with van der Waals surface area (Å²) in [6.07, 6.45) is 1.71. The molecule has 23 heavy (non-hydrogen) atoms. The largest absolute Gasteiger partial charge is 0.484 e. The molecule has 4 nitrogen and oxygen atoms in total. The molecule has 3 rings (SSSR count). The molecular formula is C19H18N2O2. The monoisotopic (exact) mass is 306 g/mol. The number of carbonyl (C=O) groups is 1. The summed E-state index contributed by atoms with van der Waals surface area (Å²) in [5, 5.41) is 3.83. The molecule has 116 valence electrons. The van der Waals surface area contributed by atoms with E-state index in [1.165, 1.54) is 5.56 Å². The fraction of sp³-hybridized carbons (Fsp3) is 0.158. The first-order valence-corrected chi connectivity index (χ1v) is 7.48. The molecule has 1 heterocycles. The second-order valence-corrected chi connectivity index (χ2v) is 5.41. The summed E-state index contributed by atoms with van der Waals surface area (Å²) in [7, 11) is 0. The summed E-state index contributed by atoms with van der Waals surface area (Å²) in [6.45, 7) is 4.06. The zero-order valence-electron chi connectivity index (χ0n) is 13.2. The van der Waals surface area contributed by atoms with Gasteiger partial charge < -0.3 is 10.1 Å². The van der Waals surface area contributed by atoms with Crippen molar-refractivity contribution in [3.63, 3.8) is 0 Å². The quantitative estimate of drug-likeness (QED) is 0.796. The molecule has 1 aromatic heterocycles. The lowest BCUT2D eigenvalue weighted by Crippen LogP contribution is -2.20. The number of nitrogens with zero attached hydrogens (tertiary/aromatic N) is 1. The Hall–Kier alpha value is -2.88.